The second-order valence-electron chi connectivity index (χ2n) is 6.84. The van der Waals surface area contributed by atoms with Crippen molar-refractivity contribution in [1.82, 2.24) is 0 Å². The molecule has 0 aromatic heterocycles. The highest BCUT2D eigenvalue weighted by Crippen LogP contribution is 2.15. The van der Waals surface area contributed by atoms with E-state index in [-0.39, 0.29) is 17.2 Å². The summed E-state index contributed by atoms with van der Waals surface area (Å²) in [6.07, 6.45) is 8.17. The van der Waals surface area contributed by atoms with Gasteiger partial charge in [0.1, 0.15) is 6.10 Å². The maximum absolute atomic E-state index is 12.6. The summed E-state index contributed by atoms with van der Waals surface area (Å²) in [4.78, 5) is 25.0. The molecular weight excluding hydrogens is 352 g/mol. The molecule has 0 spiro atoms. The van der Waals surface area contributed by atoms with Gasteiger partial charge in [0.15, 0.2) is 0 Å². The Morgan fingerprint density at radius 2 is 1.57 bits per heavy atom. The van der Waals surface area contributed by atoms with Crippen LogP contribution >= 0.6 is 0 Å². The number of hydrogen-bond donors (Lipinski definition) is 0. The Labute approximate surface area is 170 Å². The first-order valence-corrected chi connectivity index (χ1v) is 10.6. The van der Waals surface area contributed by atoms with Crippen molar-refractivity contribution in [2.45, 2.75) is 84.7 Å². The fourth-order valence-electron chi connectivity index (χ4n) is 2.67. The van der Waals surface area contributed by atoms with Crippen LogP contribution in [0.15, 0.2) is 24.3 Å². The van der Waals surface area contributed by atoms with Gasteiger partial charge in [0.25, 0.3) is 0 Å². The van der Waals surface area contributed by atoms with Crippen molar-refractivity contribution < 1.29 is 19.1 Å². The van der Waals surface area contributed by atoms with Crippen LogP contribution in [0.4, 0.5) is 0 Å². The van der Waals surface area contributed by atoms with Gasteiger partial charge in [-0.3, -0.25) is 0 Å². The number of ether oxygens (including phenoxy) is 2. The molecule has 1 atom stereocenters. The van der Waals surface area contributed by atoms with Gasteiger partial charge in [-0.1, -0.05) is 64.5 Å². The molecule has 1 unspecified atom stereocenters. The van der Waals surface area contributed by atoms with Crippen LogP contribution in [-0.4, -0.2) is 24.6 Å². The van der Waals surface area contributed by atoms with Crippen LogP contribution in [0.5, 0.6) is 0 Å². The van der Waals surface area contributed by atoms with Gasteiger partial charge in [0.2, 0.25) is 0 Å². The van der Waals surface area contributed by atoms with Crippen LogP contribution in [0.1, 0.15) is 99.3 Å². The molecule has 0 amide bonds. The summed E-state index contributed by atoms with van der Waals surface area (Å²) in [5.41, 5.74) is 0.506. The molecule has 0 aliphatic carbocycles. The lowest BCUT2D eigenvalue weighted by Gasteiger charge is -2.15. The van der Waals surface area contributed by atoms with Crippen molar-refractivity contribution in [2.75, 3.05) is 6.61 Å². The van der Waals surface area contributed by atoms with Crippen molar-refractivity contribution >= 4 is 11.9 Å². The Balaban J connectivity index is 2.64. The minimum atomic E-state index is -0.500. The maximum Gasteiger partial charge on any atom is 0.339 e. The van der Waals surface area contributed by atoms with Crippen molar-refractivity contribution in [3.05, 3.63) is 35.4 Å². The van der Waals surface area contributed by atoms with E-state index < -0.39 is 11.9 Å². The fraction of sp³-hybridized carbons (Fsp3) is 0.583. The Morgan fingerprint density at radius 3 is 2.21 bits per heavy atom. The lowest BCUT2D eigenvalue weighted by Crippen LogP contribution is -2.20. The van der Waals surface area contributed by atoms with Gasteiger partial charge in [-0.15, -0.1) is 5.92 Å². The molecule has 0 fully saturated rings. The minimum absolute atomic E-state index is 0.249. The number of rotatable bonds is 12. The second-order valence-corrected chi connectivity index (χ2v) is 6.84. The molecule has 0 bridgehead atoms. The third kappa shape index (κ3) is 9.08. The Morgan fingerprint density at radius 1 is 0.893 bits per heavy atom. The molecule has 0 aliphatic rings. The molecular formula is C24H34O4. The first kappa shape index (κ1) is 23.8. The average Bonchev–Trinajstić information content (AvgIpc) is 2.72. The summed E-state index contributed by atoms with van der Waals surface area (Å²) in [6.45, 7) is 6.57. The van der Waals surface area contributed by atoms with Crippen LogP contribution in [0.25, 0.3) is 0 Å². The third-order valence-electron chi connectivity index (χ3n) is 4.41. The largest absolute Gasteiger partial charge is 0.462 e. The molecule has 28 heavy (non-hydrogen) atoms. The fourth-order valence-corrected chi connectivity index (χ4v) is 2.67. The quantitative estimate of drug-likeness (QED) is 0.253. The zero-order chi connectivity index (χ0) is 20.6. The normalized spacial score (nSPS) is 11.2. The van der Waals surface area contributed by atoms with E-state index in [9.17, 15) is 9.59 Å². The van der Waals surface area contributed by atoms with Crippen molar-refractivity contribution in [3.63, 3.8) is 0 Å². The van der Waals surface area contributed by atoms with Gasteiger partial charge in [0.05, 0.1) is 17.7 Å². The van der Waals surface area contributed by atoms with Crippen molar-refractivity contribution in [1.29, 1.82) is 0 Å². The first-order valence-electron chi connectivity index (χ1n) is 10.6. The van der Waals surface area contributed by atoms with Gasteiger partial charge in [-0.05, 0) is 31.4 Å². The Kier molecular flexibility index (Phi) is 12.5. The van der Waals surface area contributed by atoms with Crippen LogP contribution in [-0.2, 0) is 9.47 Å². The van der Waals surface area contributed by atoms with Gasteiger partial charge in [-0.25, -0.2) is 9.59 Å². The Bertz CT molecular complexity index is 654. The van der Waals surface area contributed by atoms with Crippen LogP contribution in [0.2, 0.25) is 0 Å². The Hall–Kier alpha value is -2.28. The summed E-state index contributed by atoms with van der Waals surface area (Å²) in [5.74, 6) is 5.16. The third-order valence-corrected chi connectivity index (χ3v) is 4.41. The van der Waals surface area contributed by atoms with E-state index in [1.165, 1.54) is 12.8 Å². The smallest absolute Gasteiger partial charge is 0.339 e. The molecule has 0 saturated carbocycles. The molecule has 1 aromatic carbocycles. The van der Waals surface area contributed by atoms with Crippen LogP contribution < -0.4 is 0 Å². The molecule has 0 heterocycles. The molecule has 0 N–H and O–H groups in total. The van der Waals surface area contributed by atoms with E-state index in [1.807, 2.05) is 6.92 Å². The highest BCUT2D eigenvalue weighted by atomic mass is 16.5. The lowest BCUT2D eigenvalue weighted by atomic mass is 10.1. The number of hydrogen-bond acceptors (Lipinski definition) is 4. The van der Waals surface area contributed by atoms with E-state index in [2.05, 4.69) is 25.7 Å². The molecule has 4 heteroatoms. The standard InChI is InChI=1S/C24H34O4/c1-4-7-9-11-15-19-27-23(25)21-17-13-14-18-22(21)24(26)28-20(6-3)16-12-10-8-5-2/h13-14,17-18,20H,4-9,11,15-16,19H2,1-3H3. The number of esters is 2. The predicted octanol–water partition coefficient (Wildman–Crippen LogP) is 5.94. The van der Waals surface area contributed by atoms with Crippen LogP contribution in [0.3, 0.4) is 0 Å². The average molecular weight is 387 g/mol. The SMILES string of the molecule is CCCC#CCC(CC)OC(=O)c1ccccc1C(=O)OCCCCCCC. The van der Waals surface area contributed by atoms with Crippen LogP contribution in [0, 0.1) is 11.8 Å². The lowest BCUT2D eigenvalue weighted by molar-refractivity contribution is 0.0293. The molecule has 154 valence electrons. The van der Waals surface area contributed by atoms with Gasteiger partial charge < -0.3 is 9.47 Å². The molecule has 1 rings (SSSR count). The summed E-state index contributed by atoms with van der Waals surface area (Å²) in [7, 11) is 0. The highest BCUT2D eigenvalue weighted by Gasteiger charge is 2.21. The van der Waals surface area contributed by atoms with E-state index in [0.717, 1.165) is 32.1 Å². The predicted molar refractivity (Wildman–Crippen MR) is 112 cm³/mol. The van der Waals surface area contributed by atoms with E-state index in [4.69, 9.17) is 9.47 Å². The molecule has 0 radical (unpaired) electrons. The number of unbranched alkanes of at least 4 members (excludes halogenated alkanes) is 5. The van der Waals surface area contributed by atoms with Crippen molar-refractivity contribution in [3.8, 4) is 11.8 Å². The zero-order valence-corrected chi connectivity index (χ0v) is 17.6. The van der Waals surface area contributed by atoms with Crippen molar-refractivity contribution in [2.24, 2.45) is 0 Å². The molecule has 0 saturated heterocycles. The molecule has 1 aromatic rings. The molecule has 0 aliphatic heterocycles. The monoisotopic (exact) mass is 386 g/mol. The first-order chi connectivity index (χ1) is 13.6. The summed E-state index contributed by atoms with van der Waals surface area (Å²) in [6, 6.07) is 6.66. The van der Waals surface area contributed by atoms with E-state index in [0.29, 0.717) is 19.4 Å². The van der Waals surface area contributed by atoms with Gasteiger partial charge in [0, 0.05) is 12.8 Å². The second kappa shape index (κ2) is 14.7. The summed E-state index contributed by atoms with van der Waals surface area (Å²) < 4.78 is 10.9. The van der Waals surface area contributed by atoms with E-state index in [1.54, 1.807) is 24.3 Å². The van der Waals surface area contributed by atoms with Gasteiger partial charge >= 0.3 is 11.9 Å². The highest BCUT2D eigenvalue weighted by molar-refractivity contribution is 6.03. The van der Waals surface area contributed by atoms with E-state index >= 15 is 0 Å². The topological polar surface area (TPSA) is 52.6 Å². The van der Waals surface area contributed by atoms with Gasteiger partial charge in [-0.2, -0.15) is 0 Å². The number of carbonyl (C=O) groups is 2. The zero-order valence-electron chi connectivity index (χ0n) is 17.6. The summed E-state index contributed by atoms with van der Waals surface area (Å²) in [5, 5.41) is 0. The summed E-state index contributed by atoms with van der Waals surface area (Å²) >= 11 is 0. The minimum Gasteiger partial charge on any atom is -0.462 e. The maximum atomic E-state index is 12.6. The number of benzene rings is 1. The molecule has 4 nitrogen and oxygen atoms in total. The number of carbonyl (C=O) groups excluding carboxylic acids is 2.